The predicted molar refractivity (Wildman–Crippen MR) is 81.5 cm³/mol. The Morgan fingerprint density at radius 1 is 1.15 bits per heavy atom. The molecule has 2 rings (SSSR count). The number of hydrogen-bond donors (Lipinski definition) is 0. The monoisotopic (exact) mass is 274 g/mol. The summed E-state index contributed by atoms with van der Waals surface area (Å²) in [7, 11) is 0. The van der Waals surface area contributed by atoms with Crippen molar-refractivity contribution < 1.29 is 9.53 Å². The van der Waals surface area contributed by atoms with Gasteiger partial charge >= 0.3 is 5.97 Å². The van der Waals surface area contributed by atoms with E-state index in [-0.39, 0.29) is 17.5 Å². The van der Waals surface area contributed by atoms with Gasteiger partial charge in [0.1, 0.15) is 5.60 Å². The lowest BCUT2D eigenvalue weighted by atomic mass is 9.82. The van der Waals surface area contributed by atoms with E-state index in [9.17, 15) is 4.79 Å². The molecule has 1 aliphatic carbocycles. The van der Waals surface area contributed by atoms with Gasteiger partial charge in [-0.2, -0.15) is 0 Å². The molecular formula is C18H26O2. The van der Waals surface area contributed by atoms with Gasteiger partial charge in [-0.3, -0.25) is 4.79 Å². The minimum atomic E-state index is -0.374. The van der Waals surface area contributed by atoms with Crippen LogP contribution in [0.4, 0.5) is 0 Å². The highest BCUT2D eigenvalue weighted by atomic mass is 16.6. The molecule has 1 fully saturated rings. The number of benzene rings is 1. The fourth-order valence-corrected chi connectivity index (χ4v) is 2.72. The first-order chi connectivity index (χ1) is 9.36. The van der Waals surface area contributed by atoms with Crippen molar-refractivity contribution in [1.82, 2.24) is 0 Å². The first kappa shape index (κ1) is 15.1. The van der Waals surface area contributed by atoms with E-state index in [1.165, 1.54) is 5.56 Å². The minimum absolute atomic E-state index is 0.0243. The van der Waals surface area contributed by atoms with E-state index in [4.69, 9.17) is 4.74 Å². The molecule has 2 atom stereocenters. The molecule has 0 spiro atoms. The first-order valence-electron chi connectivity index (χ1n) is 7.64. The molecule has 0 bridgehead atoms. The lowest BCUT2D eigenvalue weighted by Gasteiger charge is -2.37. The maximum absolute atomic E-state index is 12.4. The normalized spacial score (nSPS) is 22.1. The highest BCUT2D eigenvalue weighted by Gasteiger charge is 2.48. The summed E-state index contributed by atoms with van der Waals surface area (Å²) in [5, 5.41) is 0. The molecule has 0 saturated heterocycles. The van der Waals surface area contributed by atoms with E-state index < -0.39 is 0 Å². The van der Waals surface area contributed by atoms with E-state index in [0.29, 0.717) is 17.8 Å². The average Bonchev–Trinajstić information content (AvgIpc) is 3.19. The van der Waals surface area contributed by atoms with Gasteiger partial charge < -0.3 is 4.74 Å². The Hall–Kier alpha value is -1.31. The smallest absolute Gasteiger partial charge is 0.310 e. The van der Waals surface area contributed by atoms with Crippen molar-refractivity contribution in [2.45, 2.75) is 52.6 Å². The van der Waals surface area contributed by atoms with Crippen molar-refractivity contribution in [3.05, 3.63) is 35.9 Å². The van der Waals surface area contributed by atoms with Gasteiger partial charge in [-0.1, -0.05) is 58.0 Å². The number of ether oxygens (including phenoxy) is 1. The van der Waals surface area contributed by atoms with Gasteiger partial charge in [0, 0.05) is 0 Å². The highest BCUT2D eigenvalue weighted by Crippen LogP contribution is 2.49. The number of rotatable bonds is 5. The van der Waals surface area contributed by atoms with Crippen LogP contribution in [0.3, 0.4) is 0 Å². The van der Waals surface area contributed by atoms with Crippen LogP contribution < -0.4 is 0 Å². The third kappa shape index (κ3) is 2.89. The van der Waals surface area contributed by atoms with Crippen LogP contribution in [0.25, 0.3) is 0 Å². The molecule has 0 amide bonds. The van der Waals surface area contributed by atoms with E-state index in [1.807, 2.05) is 18.2 Å². The minimum Gasteiger partial charge on any atom is -0.459 e. The fourth-order valence-electron chi connectivity index (χ4n) is 2.72. The van der Waals surface area contributed by atoms with Crippen molar-refractivity contribution in [2.75, 3.05) is 0 Å². The van der Waals surface area contributed by atoms with Gasteiger partial charge in [0.15, 0.2) is 0 Å². The van der Waals surface area contributed by atoms with E-state index in [0.717, 1.165) is 6.42 Å². The van der Waals surface area contributed by atoms with E-state index in [2.05, 4.69) is 46.8 Å². The van der Waals surface area contributed by atoms with Gasteiger partial charge in [-0.05, 0) is 36.7 Å². The number of esters is 1. The van der Waals surface area contributed by atoms with Crippen LogP contribution in [0, 0.1) is 17.8 Å². The molecule has 1 aromatic rings. The molecular weight excluding hydrogens is 248 g/mol. The summed E-state index contributed by atoms with van der Waals surface area (Å²) in [4.78, 5) is 12.4. The predicted octanol–water partition coefficient (Wildman–Crippen LogP) is 4.40. The van der Waals surface area contributed by atoms with E-state index >= 15 is 0 Å². The molecule has 2 unspecified atom stereocenters. The third-order valence-corrected chi connectivity index (χ3v) is 4.93. The zero-order valence-electron chi connectivity index (χ0n) is 13.2. The standard InChI is InChI=1S/C18H26O2/c1-12(2)18(5,13(3)4)20-17(19)16-11-15(16)14-9-7-6-8-10-14/h6-10,12-13,15-16H,11H2,1-5H3. The van der Waals surface area contributed by atoms with E-state index in [1.54, 1.807) is 0 Å². The lowest BCUT2D eigenvalue weighted by molar-refractivity contribution is -0.170. The second kappa shape index (κ2) is 5.59. The highest BCUT2D eigenvalue weighted by molar-refractivity contribution is 5.77. The Morgan fingerprint density at radius 2 is 1.70 bits per heavy atom. The third-order valence-electron chi connectivity index (χ3n) is 4.93. The number of carbonyl (C=O) groups excluding carboxylic acids is 1. The summed E-state index contributed by atoms with van der Waals surface area (Å²) >= 11 is 0. The number of hydrogen-bond acceptors (Lipinski definition) is 2. The number of carbonyl (C=O) groups is 1. The Balaban J connectivity index is 2.01. The molecule has 1 saturated carbocycles. The molecule has 0 heterocycles. The summed E-state index contributed by atoms with van der Waals surface area (Å²) in [6, 6.07) is 10.3. The lowest BCUT2D eigenvalue weighted by Crippen LogP contribution is -2.42. The summed E-state index contributed by atoms with van der Waals surface area (Å²) < 4.78 is 5.90. The molecule has 2 heteroatoms. The van der Waals surface area contributed by atoms with Crippen LogP contribution in [0.2, 0.25) is 0 Å². The van der Waals surface area contributed by atoms with Gasteiger partial charge in [-0.15, -0.1) is 0 Å². The Bertz CT molecular complexity index is 454. The van der Waals surface area contributed by atoms with Gasteiger partial charge in [0.25, 0.3) is 0 Å². The Kier molecular flexibility index (Phi) is 4.22. The van der Waals surface area contributed by atoms with Crippen molar-refractivity contribution in [3.63, 3.8) is 0 Å². The zero-order valence-corrected chi connectivity index (χ0v) is 13.2. The van der Waals surface area contributed by atoms with Crippen LogP contribution >= 0.6 is 0 Å². The quantitative estimate of drug-likeness (QED) is 0.744. The van der Waals surface area contributed by atoms with Crippen molar-refractivity contribution in [2.24, 2.45) is 17.8 Å². The average molecular weight is 274 g/mol. The molecule has 2 nitrogen and oxygen atoms in total. The van der Waals surface area contributed by atoms with Gasteiger partial charge in [0.2, 0.25) is 0 Å². The summed E-state index contributed by atoms with van der Waals surface area (Å²) in [6.45, 7) is 10.5. The molecule has 0 aliphatic heterocycles. The molecule has 0 N–H and O–H groups in total. The zero-order chi connectivity index (χ0) is 14.9. The molecule has 1 aliphatic rings. The summed E-state index contributed by atoms with van der Waals surface area (Å²) in [5.41, 5.74) is 0.881. The van der Waals surface area contributed by atoms with Gasteiger partial charge in [0.05, 0.1) is 5.92 Å². The van der Waals surface area contributed by atoms with Crippen LogP contribution in [0.1, 0.15) is 52.5 Å². The molecule has 110 valence electrons. The largest absolute Gasteiger partial charge is 0.459 e. The van der Waals surface area contributed by atoms with Gasteiger partial charge in [-0.25, -0.2) is 0 Å². The summed E-state index contributed by atoms with van der Waals surface area (Å²) in [5.74, 6) is 1.02. The summed E-state index contributed by atoms with van der Waals surface area (Å²) in [6.07, 6.45) is 0.926. The Labute approximate surface area is 122 Å². The van der Waals surface area contributed by atoms with Crippen molar-refractivity contribution in [3.8, 4) is 0 Å². The molecule has 0 aromatic heterocycles. The molecule has 20 heavy (non-hydrogen) atoms. The maximum Gasteiger partial charge on any atom is 0.310 e. The van der Waals surface area contributed by atoms with Crippen LogP contribution in [0.15, 0.2) is 30.3 Å². The van der Waals surface area contributed by atoms with Crippen LogP contribution in [0.5, 0.6) is 0 Å². The van der Waals surface area contributed by atoms with Crippen LogP contribution in [-0.4, -0.2) is 11.6 Å². The van der Waals surface area contributed by atoms with Crippen LogP contribution in [-0.2, 0) is 9.53 Å². The van der Waals surface area contributed by atoms with Crippen molar-refractivity contribution in [1.29, 1.82) is 0 Å². The molecule has 0 radical (unpaired) electrons. The second-order valence-electron chi connectivity index (χ2n) is 6.77. The molecule has 1 aromatic carbocycles. The second-order valence-corrected chi connectivity index (χ2v) is 6.77. The van der Waals surface area contributed by atoms with Crippen molar-refractivity contribution >= 4 is 5.97 Å². The fraction of sp³-hybridized carbons (Fsp3) is 0.611. The first-order valence-corrected chi connectivity index (χ1v) is 7.64. The Morgan fingerprint density at radius 3 is 2.20 bits per heavy atom. The maximum atomic E-state index is 12.4. The SMILES string of the molecule is CC(C)C(C)(OC(=O)C1CC1c1ccccc1)C(C)C. The topological polar surface area (TPSA) is 26.3 Å².